The van der Waals surface area contributed by atoms with Gasteiger partial charge in [0.15, 0.2) is 0 Å². The Labute approximate surface area is 108 Å². The Balaban J connectivity index is 1.56. The zero-order valence-electron chi connectivity index (χ0n) is 10.2. The topological polar surface area (TPSA) is 21.1 Å². The number of nitrogens with one attached hydrogen (secondary N) is 1. The molecular weight excluding hydrogens is 232 g/mol. The number of fused-ring (bicyclic) bond motifs is 3. The molecule has 3 heteroatoms. The summed E-state index contributed by atoms with van der Waals surface area (Å²) in [5.41, 5.74) is 1.39. The van der Waals surface area contributed by atoms with Crippen LogP contribution in [0.5, 0.6) is 0 Å². The van der Waals surface area contributed by atoms with Crippen molar-refractivity contribution in [3.63, 3.8) is 0 Å². The number of quaternary nitrogens is 2. The van der Waals surface area contributed by atoms with Crippen LogP contribution in [0, 0.1) is 5.92 Å². The van der Waals surface area contributed by atoms with Crippen molar-refractivity contribution in [2.75, 3.05) is 19.6 Å². The normalized spacial score (nSPS) is 31.7. The van der Waals surface area contributed by atoms with E-state index in [-0.39, 0.29) is 0 Å². The molecule has 0 aromatic heterocycles. The van der Waals surface area contributed by atoms with Crippen LogP contribution in [0.1, 0.15) is 18.4 Å². The van der Waals surface area contributed by atoms with Crippen LogP contribution in [0.2, 0.25) is 5.02 Å². The molecule has 1 aromatic rings. The maximum atomic E-state index is 5.90. The van der Waals surface area contributed by atoms with Gasteiger partial charge in [-0.25, -0.2) is 0 Å². The van der Waals surface area contributed by atoms with Crippen LogP contribution in [0.3, 0.4) is 0 Å². The second-order valence-electron chi connectivity index (χ2n) is 5.52. The van der Waals surface area contributed by atoms with Gasteiger partial charge in [0.2, 0.25) is 0 Å². The SMILES string of the molecule is Clc1ccc(C[NH2+][C@H]2C[NH+]3CCC2CC3)cc1. The number of hydrogen-bond acceptors (Lipinski definition) is 0. The van der Waals surface area contributed by atoms with Gasteiger partial charge in [-0.1, -0.05) is 23.7 Å². The van der Waals surface area contributed by atoms with E-state index in [1.54, 1.807) is 0 Å². The fraction of sp³-hybridized carbons (Fsp3) is 0.571. The van der Waals surface area contributed by atoms with E-state index in [1.807, 2.05) is 17.0 Å². The molecule has 0 aliphatic carbocycles. The van der Waals surface area contributed by atoms with E-state index in [0.717, 1.165) is 23.5 Å². The molecule has 0 amide bonds. The van der Waals surface area contributed by atoms with Crippen molar-refractivity contribution in [1.82, 2.24) is 0 Å². The molecule has 1 atom stereocenters. The van der Waals surface area contributed by atoms with Gasteiger partial charge in [-0.3, -0.25) is 0 Å². The Morgan fingerprint density at radius 2 is 1.88 bits per heavy atom. The smallest absolute Gasteiger partial charge is 0.139 e. The molecule has 17 heavy (non-hydrogen) atoms. The second kappa shape index (κ2) is 4.97. The van der Waals surface area contributed by atoms with Gasteiger partial charge < -0.3 is 10.2 Å². The number of benzene rings is 1. The number of nitrogens with two attached hydrogens (primary N) is 1. The summed E-state index contributed by atoms with van der Waals surface area (Å²) in [5.74, 6) is 0.972. The van der Waals surface area contributed by atoms with Crippen molar-refractivity contribution < 1.29 is 10.2 Å². The summed E-state index contributed by atoms with van der Waals surface area (Å²) in [5, 5.41) is 3.38. The molecule has 0 saturated carbocycles. The molecule has 3 heterocycles. The van der Waals surface area contributed by atoms with Crippen molar-refractivity contribution in [1.29, 1.82) is 0 Å². The molecule has 3 aliphatic rings. The van der Waals surface area contributed by atoms with Crippen LogP contribution in [0.15, 0.2) is 24.3 Å². The summed E-state index contributed by atoms with van der Waals surface area (Å²) < 4.78 is 0. The molecule has 4 rings (SSSR count). The van der Waals surface area contributed by atoms with Crippen LogP contribution in [0.25, 0.3) is 0 Å². The quantitative estimate of drug-likeness (QED) is 0.761. The lowest BCUT2D eigenvalue weighted by Crippen LogP contribution is -3.20. The summed E-state index contributed by atoms with van der Waals surface area (Å²) in [6, 6.07) is 9.13. The van der Waals surface area contributed by atoms with Crippen LogP contribution < -0.4 is 10.2 Å². The molecule has 2 bridgehead atoms. The van der Waals surface area contributed by atoms with E-state index in [9.17, 15) is 0 Å². The van der Waals surface area contributed by atoms with Gasteiger partial charge in [-0.15, -0.1) is 0 Å². The molecule has 0 spiro atoms. The van der Waals surface area contributed by atoms with Gasteiger partial charge >= 0.3 is 0 Å². The Morgan fingerprint density at radius 3 is 2.47 bits per heavy atom. The minimum absolute atomic E-state index is 0.834. The van der Waals surface area contributed by atoms with Gasteiger partial charge in [0.1, 0.15) is 19.1 Å². The molecule has 1 aromatic carbocycles. The van der Waals surface area contributed by atoms with E-state index in [1.165, 1.54) is 38.0 Å². The highest BCUT2D eigenvalue weighted by atomic mass is 35.5. The van der Waals surface area contributed by atoms with Gasteiger partial charge in [0.25, 0.3) is 0 Å². The molecule has 3 fully saturated rings. The minimum atomic E-state index is 0.834. The molecule has 0 radical (unpaired) electrons. The molecule has 0 unspecified atom stereocenters. The lowest BCUT2D eigenvalue weighted by atomic mass is 9.84. The van der Waals surface area contributed by atoms with Crippen LogP contribution in [0.4, 0.5) is 0 Å². The first-order valence-electron chi connectivity index (χ1n) is 6.72. The molecule has 92 valence electrons. The third-order valence-electron chi connectivity index (χ3n) is 4.44. The van der Waals surface area contributed by atoms with Gasteiger partial charge in [-0.05, 0) is 12.1 Å². The predicted octanol–water partition coefficient (Wildman–Crippen LogP) is 0.0805. The largest absolute Gasteiger partial charge is 0.335 e. The zero-order valence-corrected chi connectivity index (χ0v) is 10.9. The standard InChI is InChI=1S/C14H19ClN2/c15-13-3-1-11(2-4-13)9-16-14-10-17-7-5-12(14)6-8-17/h1-4,12,14,16H,5-10H2/p+2/t14-/m0/s1. The van der Waals surface area contributed by atoms with Crippen molar-refractivity contribution in [2.24, 2.45) is 5.92 Å². The number of hydrogen-bond donors (Lipinski definition) is 2. The van der Waals surface area contributed by atoms with E-state index < -0.39 is 0 Å². The summed E-state index contributed by atoms with van der Waals surface area (Å²) >= 11 is 5.90. The number of piperidine rings is 3. The zero-order chi connectivity index (χ0) is 11.7. The first-order valence-corrected chi connectivity index (χ1v) is 7.10. The highest BCUT2D eigenvalue weighted by molar-refractivity contribution is 6.30. The minimum Gasteiger partial charge on any atom is -0.335 e. The second-order valence-corrected chi connectivity index (χ2v) is 5.96. The molecule has 3 N–H and O–H groups in total. The average Bonchev–Trinajstić information content (AvgIpc) is 2.39. The van der Waals surface area contributed by atoms with Crippen molar-refractivity contribution in [3.8, 4) is 0 Å². The Hall–Kier alpha value is -0.570. The molecule has 2 nitrogen and oxygen atoms in total. The van der Waals surface area contributed by atoms with Gasteiger partial charge in [0, 0.05) is 29.3 Å². The number of halogens is 1. The van der Waals surface area contributed by atoms with E-state index in [0.29, 0.717) is 0 Å². The van der Waals surface area contributed by atoms with E-state index in [4.69, 9.17) is 11.6 Å². The van der Waals surface area contributed by atoms with Crippen LogP contribution >= 0.6 is 11.6 Å². The van der Waals surface area contributed by atoms with Gasteiger partial charge in [-0.2, -0.15) is 0 Å². The predicted molar refractivity (Wildman–Crippen MR) is 69.2 cm³/mol. The first-order chi connectivity index (χ1) is 8.31. The summed E-state index contributed by atoms with van der Waals surface area (Å²) in [6.45, 7) is 5.30. The maximum absolute atomic E-state index is 5.90. The Kier molecular flexibility index (Phi) is 3.37. The van der Waals surface area contributed by atoms with Crippen LogP contribution in [-0.4, -0.2) is 25.7 Å². The average molecular weight is 253 g/mol. The summed E-state index contributed by atoms with van der Waals surface area (Å²) in [4.78, 5) is 1.82. The lowest BCUT2D eigenvalue weighted by Gasteiger charge is -2.40. The third kappa shape index (κ3) is 2.65. The fourth-order valence-electron chi connectivity index (χ4n) is 3.36. The lowest BCUT2D eigenvalue weighted by molar-refractivity contribution is -0.943. The first kappa shape index (κ1) is 11.5. The summed E-state index contributed by atoms with van der Waals surface area (Å²) in [7, 11) is 0. The highest BCUT2D eigenvalue weighted by Gasteiger charge is 2.39. The van der Waals surface area contributed by atoms with E-state index in [2.05, 4.69) is 17.4 Å². The molecular formula is C14H21ClN2+2. The summed E-state index contributed by atoms with van der Waals surface area (Å²) in [6.07, 6.45) is 2.88. The van der Waals surface area contributed by atoms with Crippen molar-refractivity contribution in [3.05, 3.63) is 34.9 Å². The van der Waals surface area contributed by atoms with E-state index >= 15 is 0 Å². The Bertz CT molecular complexity index is 368. The van der Waals surface area contributed by atoms with Crippen LogP contribution in [-0.2, 0) is 6.54 Å². The molecule has 3 aliphatic heterocycles. The molecule has 3 saturated heterocycles. The van der Waals surface area contributed by atoms with Gasteiger partial charge in [0.05, 0.1) is 13.1 Å². The monoisotopic (exact) mass is 252 g/mol. The maximum Gasteiger partial charge on any atom is 0.139 e. The van der Waals surface area contributed by atoms with Crippen molar-refractivity contribution in [2.45, 2.75) is 25.4 Å². The fourth-order valence-corrected chi connectivity index (χ4v) is 3.49. The third-order valence-corrected chi connectivity index (χ3v) is 4.69. The van der Waals surface area contributed by atoms with Crippen molar-refractivity contribution >= 4 is 11.6 Å². The Morgan fingerprint density at radius 1 is 1.18 bits per heavy atom. The number of rotatable bonds is 3. The highest BCUT2D eigenvalue weighted by Crippen LogP contribution is 2.16.